The van der Waals surface area contributed by atoms with E-state index in [9.17, 15) is 4.79 Å². The minimum Gasteiger partial charge on any atom is -0.493 e. The Labute approximate surface area is 144 Å². The lowest BCUT2D eigenvalue weighted by molar-refractivity contribution is -0.148. The van der Waals surface area contributed by atoms with Gasteiger partial charge in [-0.3, -0.25) is 4.79 Å². The molecular weight excluding hydrogens is 306 g/mol. The summed E-state index contributed by atoms with van der Waals surface area (Å²) in [6, 6.07) is 5.82. The Kier molecular flexibility index (Phi) is 7.37. The van der Waals surface area contributed by atoms with Crippen LogP contribution in [0, 0.1) is 5.92 Å². The van der Waals surface area contributed by atoms with Crippen molar-refractivity contribution in [3.63, 3.8) is 0 Å². The van der Waals surface area contributed by atoms with E-state index in [0.717, 1.165) is 25.2 Å². The van der Waals surface area contributed by atoms with E-state index >= 15 is 0 Å². The lowest BCUT2D eigenvalue weighted by Crippen LogP contribution is -2.38. The van der Waals surface area contributed by atoms with Gasteiger partial charge in [0, 0.05) is 6.54 Å². The molecule has 2 rings (SSSR count). The fourth-order valence-electron chi connectivity index (χ4n) is 3.23. The van der Waals surface area contributed by atoms with Gasteiger partial charge in [0.15, 0.2) is 11.5 Å². The quantitative estimate of drug-likeness (QED) is 0.684. The van der Waals surface area contributed by atoms with E-state index < -0.39 is 0 Å². The molecule has 1 unspecified atom stereocenters. The zero-order valence-electron chi connectivity index (χ0n) is 15.0. The molecule has 0 N–H and O–H groups in total. The number of ether oxygens (including phenoxy) is 3. The summed E-state index contributed by atoms with van der Waals surface area (Å²) in [6.45, 7) is 5.17. The smallest absolute Gasteiger partial charge is 0.310 e. The molecule has 0 amide bonds. The number of nitrogens with zero attached hydrogens (tertiary/aromatic N) is 1. The Balaban J connectivity index is 2.10. The van der Waals surface area contributed by atoms with Gasteiger partial charge in [-0.2, -0.15) is 0 Å². The van der Waals surface area contributed by atoms with Crippen molar-refractivity contribution < 1.29 is 19.0 Å². The highest BCUT2D eigenvalue weighted by molar-refractivity contribution is 5.73. The molecule has 1 atom stereocenters. The van der Waals surface area contributed by atoms with Crippen LogP contribution in [0.5, 0.6) is 11.5 Å². The van der Waals surface area contributed by atoms with E-state index in [-0.39, 0.29) is 11.9 Å². The second-order valence-corrected chi connectivity index (χ2v) is 6.20. The lowest BCUT2D eigenvalue weighted by Gasteiger charge is -2.29. The SMILES string of the molecule is CCOC(=O)C(Cc1ccc(OC)c(OC)c1)CN1CCCCC1. The molecule has 1 aromatic carbocycles. The Morgan fingerprint density at radius 3 is 2.46 bits per heavy atom. The predicted molar refractivity (Wildman–Crippen MR) is 93.7 cm³/mol. The molecule has 0 aliphatic carbocycles. The maximum absolute atomic E-state index is 12.4. The van der Waals surface area contributed by atoms with Crippen molar-refractivity contribution >= 4 is 5.97 Å². The van der Waals surface area contributed by atoms with Crippen molar-refractivity contribution in [2.45, 2.75) is 32.6 Å². The topological polar surface area (TPSA) is 48.0 Å². The van der Waals surface area contributed by atoms with Crippen molar-refractivity contribution in [1.82, 2.24) is 4.90 Å². The summed E-state index contributed by atoms with van der Waals surface area (Å²) in [5, 5.41) is 0. The highest BCUT2D eigenvalue weighted by atomic mass is 16.5. The molecule has 134 valence electrons. The first-order valence-electron chi connectivity index (χ1n) is 8.77. The summed E-state index contributed by atoms with van der Waals surface area (Å²) in [6.07, 6.45) is 4.36. The van der Waals surface area contributed by atoms with E-state index in [1.54, 1.807) is 14.2 Å². The number of hydrogen-bond acceptors (Lipinski definition) is 5. The molecule has 0 saturated carbocycles. The predicted octanol–water partition coefficient (Wildman–Crippen LogP) is 2.91. The molecule has 1 fully saturated rings. The van der Waals surface area contributed by atoms with Gasteiger partial charge in [-0.25, -0.2) is 0 Å². The van der Waals surface area contributed by atoms with Crippen molar-refractivity contribution in [3.8, 4) is 11.5 Å². The number of carbonyl (C=O) groups is 1. The summed E-state index contributed by atoms with van der Waals surface area (Å²) >= 11 is 0. The van der Waals surface area contributed by atoms with Crippen LogP contribution in [0.2, 0.25) is 0 Å². The first-order valence-corrected chi connectivity index (χ1v) is 8.77. The molecule has 1 aliphatic heterocycles. The Morgan fingerprint density at radius 2 is 1.83 bits per heavy atom. The number of methoxy groups -OCH3 is 2. The van der Waals surface area contributed by atoms with Crippen LogP contribution >= 0.6 is 0 Å². The Bertz CT molecular complexity index is 526. The summed E-state index contributed by atoms with van der Waals surface area (Å²) in [4.78, 5) is 14.8. The maximum atomic E-state index is 12.4. The zero-order valence-corrected chi connectivity index (χ0v) is 15.0. The number of hydrogen-bond donors (Lipinski definition) is 0. The van der Waals surface area contributed by atoms with Gasteiger partial charge in [0.2, 0.25) is 0 Å². The summed E-state index contributed by atoms with van der Waals surface area (Å²) in [5.41, 5.74) is 1.06. The van der Waals surface area contributed by atoms with E-state index in [1.165, 1.54) is 19.3 Å². The van der Waals surface area contributed by atoms with Crippen LogP contribution in [-0.2, 0) is 16.0 Å². The van der Waals surface area contributed by atoms with Gasteiger partial charge in [0.1, 0.15) is 0 Å². The number of carbonyl (C=O) groups excluding carboxylic acids is 1. The highest BCUT2D eigenvalue weighted by Gasteiger charge is 2.24. The fourth-order valence-corrected chi connectivity index (χ4v) is 3.23. The average Bonchev–Trinajstić information content (AvgIpc) is 2.62. The summed E-state index contributed by atoms with van der Waals surface area (Å²) < 4.78 is 15.9. The van der Waals surface area contributed by atoms with E-state index in [0.29, 0.717) is 24.5 Å². The number of benzene rings is 1. The third-order valence-electron chi connectivity index (χ3n) is 4.48. The molecule has 24 heavy (non-hydrogen) atoms. The minimum absolute atomic E-state index is 0.113. The second-order valence-electron chi connectivity index (χ2n) is 6.20. The van der Waals surface area contributed by atoms with Crippen LogP contribution in [0.1, 0.15) is 31.7 Å². The van der Waals surface area contributed by atoms with Crippen molar-refractivity contribution in [1.29, 1.82) is 0 Å². The molecule has 0 aromatic heterocycles. The van der Waals surface area contributed by atoms with Gasteiger partial charge >= 0.3 is 5.97 Å². The molecule has 5 nitrogen and oxygen atoms in total. The first-order chi connectivity index (χ1) is 11.7. The fraction of sp³-hybridized carbons (Fsp3) is 0.632. The van der Waals surface area contributed by atoms with Crippen LogP contribution in [0.25, 0.3) is 0 Å². The van der Waals surface area contributed by atoms with Gasteiger partial charge in [0.05, 0.1) is 26.7 Å². The first kappa shape index (κ1) is 18.6. The van der Waals surface area contributed by atoms with Crippen molar-refractivity contribution in [3.05, 3.63) is 23.8 Å². The Hall–Kier alpha value is -1.75. The average molecular weight is 335 g/mol. The molecule has 0 spiro atoms. The Morgan fingerprint density at radius 1 is 1.12 bits per heavy atom. The molecule has 0 bridgehead atoms. The molecule has 1 saturated heterocycles. The van der Waals surface area contributed by atoms with Gasteiger partial charge in [-0.05, 0) is 57.0 Å². The molecule has 1 aromatic rings. The van der Waals surface area contributed by atoms with Gasteiger partial charge in [0.25, 0.3) is 0 Å². The van der Waals surface area contributed by atoms with Gasteiger partial charge in [-0.15, -0.1) is 0 Å². The number of rotatable bonds is 8. The number of piperidine rings is 1. The highest BCUT2D eigenvalue weighted by Crippen LogP contribution is 2.29. The van der Waals surface area contributed by atoms with E-state index in [4.69, 9.17) is 14.2 Å². The van der Waals surface area contributed by atoms with Crippen LogP contribution in [0.15, 0.2) is 18.2 Å². The van der Waals surface area contributed by atoms with Crippen LogP contribution in [0.3, 0.4) is 0 Å². The second kappa shape index (κ2) is 9.52. The van der Waals surface area contributed by atoms with Crippen LogP contribution in [-0.4, -0.2) is 51.3 Å². The molecule has 1 aliphatic rings. The van der Waals surface area contributed by atoms with Gasteiger partial charge in [-0.1, -0.05) is 12.5 Å². The molecule has 1 heterocycles. The maximum Gasteiger partial charge on any atom is 0.310 e. The standard InChI is InChI=1S/C19H29NO4/c1-4-24-19(21)16(14-20-10-6-5-7-11-20)12-15-8-9-17(22-2)18(13-15)23-3/h8-9,13,16H,4-7,10-12,14H2,1-3H3. The summed E-state index contributed by atoms with van der Waals surface area (Å²) in [7, 11) is 3.24. The third kappa shape index (κ3) is 5.13. The molecular formula is C19H29NO4. The largest absolute Gasteiger partial charge is 0.493 e. The lowest BCUT2D eigenvalue weighted by atomic mass is 9.97. The van der Waals surface area contributed by atoms with Crippen LogP contribution in [0.4, 0.5) is 0 Å². The van der Waals surface area contributed by atoms with E-state index in [1.807, 2.05) is 25.1 Å². The van der Waals surface area contributed by atoms with Crippen LogP contribution < -0.4 is 9.47 Å². The normalized spacial score (nSPS) is 16.5. The summed E-state index contributed by atoms with van der Waals surface area (Å²) in [5.74, 6) is 1.12. The third-order valence-corrected chi connectivity index (χ3v) is 4.48. The number of esters is 1. The molecule has 0 radical (unpaired) electrons. The molecule has 5 heteroatoms. The van der Waals surface area contributed by atoms with Crippen molar-refractivity contribution in [2.75, 3.05) is 40.5 Å². The van der Waals surface area contributed by atoms with E-state index in [2.05, 4.69) is 4.90 Å². The number of likely N-dealkylation sites (tertiary alicyclic amines) is 1. The van der Waals surface area contributed by atoms with Crippen molar-refractivity contribution in [2.24, 2.45) is 5.92 Å². The van der Waals surface area contributed by atoms with Gasteiger partial charge < -0.3 is 19.1 Å². The minimum atomic E-state index is -0.152. The monoisotopic (exact) mass is 335 g/mol. The zero-order chi connectivity index (χ0) is 17.4.